The first-order valence-electron chi connectivity index (χ1n) is 4.05. The summed E-state index contributed by atoms with van der Waals surface area (Å²) >= 11 is 6.42. The Hall–Kier alpha value is -0.920. The number of hydrogen-bond donors (Lipinski definition) is 2. The standard InChI is InChI=1S/C8H5BrN4S2/c9-4-5-2(14-7(10)12-5)1-3-6(4)13-8(11)15-3/h1H,(H2,10,12)(H2,11,13). The van der Waals surface area contributed by atoms with Crippen molar-refractivity contribution in [2.45, 2.75) is 0 Å². The Labute approximate surface area is 101 Å². The number of fused-ring (bicyclic) bond motifs is 2. The topological polar surface area (TPSA) is 77.8 Å². The van der Waals surface area contributed by atoms with Gasteiger partial charge in [-0.05, 0) is 22.0 Å². The minimum Gasteiger partial charge on any atom is -0.375 e. The Morgan fingerprint density at radius 2 is 1.47 bits per heavy atom. The zero-order valence-corrected chi connectivity index (χ0v) is 10.5. The number of aromatic nitrogens is 2. The van der Waals surface area contributed by atoms with Gasteiger partial charge in [0, 0.05) is 0 Å². The molecule has 15 heavy (non-hydrogen) atoms. The van der Waals surface area contributed by atoms with Crippen molar-refractivity contribution in [3.05, 3.63) is 10.5 Å². The number of halogens is 1. The van der Waals surface area contributed by atoms with Gasteiger partial charge in [-0.3, -0.25) is 0 Å². The second-order valence-corrected chi connectivity index (χ2v) is 5.91. The summed E-state index contributed by atoms with van der Waals surface area (Å²) in [5.41, 5.74) is 13.0. The van der Waals surface area contributed by atoms with E-state index in [2.05, 4.69) is 25.9 Å². The lowest BCUT2D eigenvalue weighted by molar-refractivity contribution is 1.46. The molecule has 0 aliphatic heterocycles. The SMILES string of the molecule is Nc1nc2c(Br)c3nc(N)sc3cc2s1. The first kappa shape index (κ1) is 9.32. The molecule has 0 unspecified atom stereocenters. The van der Waals surface area contributed by atoms with Gasteiger partial charge in [0.15, 0.2) is 10.3 Å². The van der Waals surface area contributed by atoms with Gasteiger partial charge in [0.05, 0.1) is 13.9 Å². The lowest BCUT2D eigenvalue weighted by Gasteiger charge is -1.93. The number of benzene rings is 1. The van der Waals surface area contributed by atoms with Crippen LogP contribution in [0.15, 0.2) is 10.5 Å². The quantitative estimate of drug-likeness (QED) is 0.669. The van der Waals surface area contributed by atoms with Crippen molar-refractivity contribution in [1.82, 2.24) is 9.97 Å². The van der Waals surface area contributed by atoms with Crippen molar-refractivity contribution in [1.29, 1.82) is 0 Å². The highest BCUT2D eigenvalue weighted by molar-refractivity contribution is 9.10. The van der Waals surface area contributed by atoms with Crippen LogP contribution in [0.4, 0.5) is 10.3 Å². The van der Waals surface area contributed by atoms with Crippen LogP contribution in [0.1, 0.15) is 0 Å². The molecule has 0 aliphatic carbocycles. The highest BCUT2D eigenvalue weighted by atomic mass is 79.9. The maximum Gasteiger partial charge on any atom is 0.181 e. The Morgan fingerprint density at radius 1 is 1.00 bits per heavy atom. The Morgan fingerprint density at radius 3 is 1.93 bits per heavy atom. The number of anilines is 2. The molecule has 0 aliphatic rings. The second-order valence-electron chi connectivity index (χ2n) is 2.99. The van der Waals surface area contributed by atoms with Crippen molar-refractivity contribution < 1.29 is 0 Å². The van der Waals surface area contributed by atoms with Crippen molar-refractivity contribution in [3.8, 4) is 0 Å². The van der Waals surface area contributed by atoms with Crippen molar-refractivity contribution >= 4 is 69.3 Å². The summed E-state index contributed by atoms with van der Waals surface area (Å²) < 4.78 is 2.97. The molecule has 2 heterocycles. The molecule has 3 aromatic rings. The molecule has 4 nitrogen and oxygen atoms in total. The van der Waals surface area contributed by atoms with Crippen LogP contribution >= 0.6 is 38.6 Å². The number of thiazole rings is 2. The maximum absolute atomic E-state index is 5.67. The molecule has 76 valence electrons. The zero-order valence-electron chi connectivity index (χ0n) is 7.32. The highest BCUT2D eigenvalue weighted by Gasteiger charge is 2.12. The van der Waals surface area contributed by atoms with Gasteiger partial charge in [-0.1, -0.05) is 22.7 Å². The summed E-state index contributed by atoms with van der Waals surface area (Å²) in [4.78, 5) is 8.49. The summed E-state index contributed by atoms with van der Waals surface area (Å²) in [5, 5.41) is 1.13. The van der Waals surface area contributed by atoms with Gasteiger partial charge < -0.3 is 11.5 Å². The predicted molar refractivity (Wildman–Crippen MR) is 69.3 cm³/mol. The van der Waals surface area contributed by atoms with Crippen LogP contribution in [0.3, 0.4) is 0 Å². The van der Waals surface area contributed by atoms with Crippen molar-refractivity contribution in [2.75, 3.05) is 11.5 Å². The summed E-state index contributed by atoms with van der Waals surface area (Å²) in [6.07, 6.45) is 0. The number of hydrogen-bond acceptors (Lipinski definition) is 6. The van der Waals surface area contributed by atoms with Crippen LogP contribution in [0.5, 0.6) is 0 Å². The van der Waals surface area contributed by atoms with Crippen molar-refractivity contribution in [2.24, 2.45) is 0 Å². The smallest absolute Gasteiger partial charge is 0.181 e. The summed E-state index contributed by atoms with van der Waals surface area (Å²) in [7, 11) is 0. The number of nitrogens with two attached hydrogens (primary N) is 2. The molecule has 0 fully saturated rings. The molecule has 0 saturated heterocycles. The molecule has 7 heteroatoms. The fourth-order valence-electron chi connectivity index (χ4n) is 1.44. The molecule has 3 rings (SSSR count). The van der Waals surface area contributed by atoms with Crippen LogP contribution in [0.25, 0.3) is 20.4 Å². The predicted octanol–water partition coefficient (Wildman–Crippen LogP) is 2.83. The monoisotopic (exact) mass is 300 g/mol. The van der Waals surface area contributed by atoms with Crippen molar-refractivity contribution in [3.63, 3.8) is 0 Å². The van der Waals surface area contributed by atoms with E-state index in [9.17, 15) is 0 Å². The molecule has 1 aromatic carbocycles. The fourth-order valence-corrected chi connectivity index (χ4v) is 3.95. The van der Waals surface area contributed by atoms with E-state index in [1.54, 1.807) is 0 Å². The van der Waals surface area contributed by atoms with Crippen LogP contribution < -0.4 is 11.5 Å². The summed E-state index contributed by atoms with van der Waals surface area (Å²) in [6.45, 7) is 0. The van der Waals surface area contributed by atoms with E-state index in [1.807, 2.05) is 6.07 Å². The molecule has 0 amide bonds. The van der Waals surface area contributed by atoms with E-state index in [-0.39, 0.29) is 0 Å². The van der Waals surface area contributed by atoms with E-state index in [0.29, 0.717) is 10.3 Å². The molecule has 0 radical (unpaired) electrons. The van der Waals surface area contributed by atoms with Crippen LogP contribution in [-0.2, 0) is 0 Å². The lowest BCUT2D eigenvalue weighted by Crippen LogP contribution is -1.82. The largest absolute Gasteiger partial charge is 0.375 e. The van der Waals surface area contributed by atoms with Gasteiger partial charge in [-0.2, -0.15) is 0 Å². The average Bonchev–Trinajstić information content (AvgIpc) is 2.69. The molecular formula is C8H5BrN4S2. The Bertz CT molecular complexity index is 617. The normalized spacial score (nSPS) is 11.5. The first-order chi connectivity index (χ1) is 7.15. The van der Waals surface area contributed by atoms with E-state index < -0.39 is 0 Å². The maximum atomic E-state index is 5.67. The third-order valence-electron chi connectivity index (χ3n) is 2.02. The van der Waals surface area contributed by atoms with E-state index in [4.69, 9.17) is 11.5 Å². The molecule has 0 bridgehead atoms. The van der Waals surface area contributed by atoms with Crippen LogP contribution in [0.2, 0.25) is 0 Å². The average molecular weight is 301 g/mol. The molecule has 0 saturated carbocycles. The van der Waals surface area contributed by atoms with E-state index in [1.165, 1.54) is 22.7 Å². The van der Waals surface area contributed by atoms with Gasteiger partial charge in [0.1, 0.15) is 11.0 Å². The number of nitrogens with zero attached hydrogens (tertiary/aromatic N) is 2. The van der Waals surface area contributed by atoms with E-state index >= 15 is 0 Å². The molecule has 0 spiro atoms. The Kier molecular flexibility index (Phi) is 1.88. The Balaban J connectivity index is 2.56. The van der Waals surface area contributed by atoms with E-state index in [0.717, 1.165) is 24.9 Å². The molecule has 4 N–H and O–H groups in total. The molecular weight excluding hydrogens is 296 g/mol. The minimum atomic E-state index is 0.566. The molecule has 0 atom stereocenters. The van der Waals surface area contributed by atoms with Gasteiger partial charge in [-0.15, -0.1) is 0 Å². The fraction of sp³-hybridized carbons (Fsp3) is 0. The summed E-state index contributed by atoms with van der Waals surface area (Å²) in [5.74, 6) is 0. The van der Waals surface area contributed by atoms with Gasteiger partial charge in [-0.25, -0.2) is 9.97 Å². The lowest BCUT2D eigenvalue weighted by atomic mass is 10.3. The number of nitrogen functional groups attached to an aromatic ring is 2. The summed E-state index contributed by atoms with van der Waals surface area (Å²) in [6, 6.07) is 2.03. The minimum absolute atomic E-state index is 0.566. The van der Waals surface area contributed by atoms with Crippen LogP contribution in [0, 0.1) is 0 Å². The van der Waals surface area contributed by atoms with Gasteiger partial charge in [0.2, 0.25) is 0 Å². The third-order valence-corrected chi connectivity index (χ3v) is 4.43. The van der Waals surface area contributed by atoms with Gasteiger partial charge in [0.25, 0.3) is 0 Å². The second kappa shape index (κ2) is 3.03. The highest BCUT2D eigenvalue weighted by Crippen LogP contribution is 2.38. The first-order valence-corrected chi connectivity index (χ1v) is 6.48. The zero-order chi connectivity index (χ0) is 10.6. The van der Waals surface area contributed by atoms with Crippen LogP contribution in [-0.4, -0.2) is 9.97 Å². The third kappa shape index (κ3) is 1.30. The number of rotatable bonds is 0. The van der Waals surface area contributed by atoms with Gasteiger partial charge >= 0.3 is 0 Å². The molecule has 2 aromatic heterocycles.